The molecule has 3 heterocycles. The van der Waals surface area contributed by atoms with Crippen LogP contribution in [0.1, 0.15) is 34.1 Å². The van der Waals surface area contributed by atoms with Gasteiger partial charge in [0.05, 0.1) is 12.1 Å². The average Bonchev–Trinajstić information content (AvgIpc) is 3.40. The Bertz CT molecular complexity index is 1660. The molecule has 0 aliphatic carbocycles. The van der Waals surface area contributed by atoms with Gasteiger partial charge >= 0.3 is 0 Å². The lowest BCUT2D eigenvalue weighted by Gasteiger charge is -2.39. The molecule has 0 radical (unpaired) electrons. The van der Waals surface area contributed by atoms with E-state index in [4.69, 9.17) is 0 Å². The van der Waals surface area contributed by atoms with E-state index in [-0.39, 0.29) is 11.4 Å². The van der Waals surface area contributed by atoms with Crippen LogP contribution in [0.3, 0.4) is 0 Å². The van der Waals surface area contributed by atoms with E-state index in [1.807, 2.05) is 61.5 Å². The van der Waals surface area contributed by atoms with Gasteiger partial charge in [-0.3, -0.25) is 9.69 Å². The van der Waals surface area contributed by atoms with E-state index in [2.05, 4.69) is 43.3 Å². The van der Waals surface area contributed by atoms with Gasteiger partial charge in [-0.05, 0) is 71.3 Å². The van der Waals surface area contributed by atoms with Gasteiger partial charge in [0.25, 0.3) is 5.56 Å². The first-order valence-corrected chi connectivity index (χ1v) is 13.2. The number of piperazine rings is 1. The first-order chi connectivity index (χ1) is 19.0. The van der Waals surface area contributed by atoms with Crippen molar-refractivity contribution in [2.75, 3.05) is 31.1 Å². The van der Waals surface area contributed by atoms with Gasteiger partial charge in [0, 0.05) is 42.8 Å². The molecule has 0 saturated carbocycles. The van der Waals surface area contributed by atoms with E-state index in [1.165, 1.54) is 12.1 Å². The summed E-state index contributed by atoms with van der Waals surface area (Å²) in [7, 11) is 0. The van der Waals surface area contributed by atoms with Crippen molar-refractivity contribution in [3.8, 4) is 0 Å². The van der Waals surface area contributed by atoms with Crippen LogP contribution in [-0.4, -0.2) is 56.3 Å². The summed E-state index contributed by atoms with van der Waals surface area (Å²) in [6, 6.07) is 22.3. The number of H-pyrrole nitrogens is 1. The van der Waals surface area contributed by atoms with E-state index in [9.17, 15) is 9.18 Å². The Hall–Kier alpha value is -4.37. The van der Waals surface area contributed by atoms with E-state index >= 15 is 0 Å². The second-order valence-corrected chi connectivity index (χ2v) is 10.1. The molecule has 0 spiro atoms. The molecule has 1 saturated heterocycles. The summed E-state index contributed by atoms with van der Waals surface area (Å²) in [5.74, 6) is 0.382. The zero-order valence-corrected chi connectivity index (χ0v) is 22.0. The van der Waals surface area contributed by atoms with Crippen LogP contribution in [0.5, 0.6) is 0 Å². The number of rotatable bonds is 6. The molecule has 1 atom stereocenters. The van der Waals surface area contributed by atoms with Crippen LogP contribution in [0, 0.1) is 19.7 Å². The Balaban J connectivity index is 1.40. The SMILES string of the molecule is Cc1ccc(C)c2[nH]c(=O)c([C@@H](c3nnnn3Cc3ccccc3)N3CCN(c4ccc(F)cc4)CC3)cc12. The van der Waals surface area contributed by atoms with Gasteiger partial charge in [-0.25, -0.2) is 9.07 Å². The molecule has 198 valence electrons. The van der Waals surface area contributed by atoms with Crippen LogP contribution in [0.15, 0.2) is 77.6 Å². The fraction of sp³-hybridized carbons (Fsp3) is 0.267. The minimum atomic E-state index is -0.438. The van der Waals surface area contributed by atoms with Crippen molar-refractivity contribution in [2.24, 2.45) is 0 Å². The number of fused-ring (bicyclic) bond motifs is 1. The van der Waals surface area contributed by atoms with E-state index in [0.717, 1.165) is 46.4 Å². The van der Waals surface area contributed by atoms with Crippen LogP contribution in [-0.2, 0) is 6.54 Å². The van der Waals surface area contributed by atoms with Gasteiger partial charge in [0.15, 0.2) is 5.82 Å². The smallest absolute Gasteiger partial charge is 0.253 e. The molecule has 9 heteroatoms. The van der Waals surface area contributed by atoms with Crippen LogP contribution in [0.2, 0.25) is 0 Å². The third-order valence-electron chi connectivity index (χ3n) is 7.62. The molecule has 0 bridgehead atoms. The molecular weight excluding hydrogens is 493 g/mol. The third-order valence-corrected chi connectivity index (χ3v) is 7.62. The second kappa shape index (κ2) is 10.4. The zero-order valence-electron chi connectivity index (χ0n) is 22.0. The fourth-order valence-electron chi connectivity index (χ4n) is 5.46. The summed E-state index contributed by atoms with van der Waals surface area (Å²) in [4.78, 5) is 21.3. The average molecular weight is 524 g/mol. The number of aromatic nitrogens is 5. The van der Waals surface area contributed by atoms with Crippen molar-refractivity contribution in [3.05, 3.63) is 117 Å². The quantitative estimate of drug-likeness (QED) is 0.359. The molecule has 0 amide bonds. The summed E-state index contributed by atoms with van der Waals surface area (Å²) in [5, 5.41) is 13.8. The number of hydrogen-bond acceptors (Lipinski definition) is 6. The molecule has 0 unspecified atom stereocenters. The number of aromatic amines is 1. The summed E-state index contributed by atoms with van der Waals surface area (Å²) >= 11 is 0. The fourth-order valence-corrected chi connectivity index (χ4v) is 5.46. The van der Waals surface area contributed by atoms with Crippen molar-refractivity contribution in [3.63, 3.8) is 0 Å². The van der Waals surface area contributed by atoms with Crippen LogP contribution < -0.4 is 10.5 Å². The van der Waals surface area contributed by atoms with Gasteiger partial charge in [-0.15, -0.1) is 5.10 Å². The number of anilines is 1. The maximum Gasteiger partial charge on any atom is 0.253 e. The van der Waals surface area contributed by atoms with E-state index < -0.39 is 6.04 Å². The predicted molar refractivity (Wildman–Crippen MR) is 149 cm³/mol. The van der Waals surface area contributed by atoms with Crippen molar-refractivity contribution >= 4 is 16.6 Å². The highest BCUT2D eigenvalue weighted by molar-refractivity contribution is 5.85. The minimum Gasteiger partial charge on any atom is -0.369 e. The normalized spacial score (nSPS) is 15.1. The summed E-state index contributed by atoms with van der Waals surface area (Å²) in [6.45, 7) is 7.38. The maximum atomic E-state index is 13.7. The topological polar surface area (TPSA) is 82.9 Å². The Morgan fingerprint density at radius 3 is 2.38 bits per heavy atom. The van der Waals surface area contributed by atoms with Gasteiger partial charge in [-0.1, -0.05) is 42.5 Å². The van der Waals surface area contributed by atoms with Crippen LogP contribution >= 0.6 is 0 Å². The number of nitrogens with zero attached hydrogens (tertiary/aromatic N) is 6. The van der Waals surface area contributed by atoms with Gasteiger partial charge in [0.1, 0.15) is 11.9 Å². The molecule has 2 aromatic heterocycles. The number of halogens is 1. The molecule has 1 aliphatic rings. The number of aryl methyl sites for hydroxylation is 2. The van der Waals surface area contributed by atoms with Gasteiger partial charge < -0.3 is 9.88 Å². The molecule has 5 aromatic rings. The molecular formula is C30H30FN7O. The lowest BCUT2D eigenvalue weighted by molar-refractivity contribution is 0.200. The summed E-state index contributed by atoms with van der Waals surface area (Å²) < 4.78 is 15.3. The molecule has 39 heavy (non-hydrogen) atoms. The molecule has 1 aliphatic heterocycles. The number of nitrogens with one attached hydrogen (secondary N) is 1. The standard InChI is InChI=1S/C30H30FN7O/c1-20-8-9-21(2)27-25(20)18-26(30(39)32-27)28(29-33-34-35-38(29)19-22-6-4-3-5-7-22)37-16-14-36(15-17-37)24-12-10-23(31)11-13-24/h3-13,18,28H,14-17,19H2,1-2H3,(H,32,39)/t28-/m0/s1. The van der Waals surface area contributed by atoms with Crippen molar-refractivity contribution < 1.29 is 4.39 Å². The first kappa shape index (κ1) is 24.9. The first-order valence-electron chi connectivity index (χ1n) is 13.2. The highest BCUT2D eigenvalue weighted by Crippen LogP contribution is 2.30. The second-order valence-electron chi connectivity index (χ2n) is 10.1. The highest BCUT2D eigenvalue weighted by atomic mass is 19.1. The maximum absolute atomic E-state index is 13.7. The lowest BCUT2D eigenvalue weighted by atomic mass is 9.99. The number of pyridine rings is 1. The number of benzene rings is 3. The van der Waals surface area contributed by atoms with Crippen molar-refractivity contribution in [1.29, 1.82) is 0 Å². The summed E-state index contributed by atoms with van der Waals surface area (Å²) in [6.07, 6.45) is 0. The molecule has 8 nitrogen and oxygen atoms in total. The minimum absolute atomic E-state index is 0.142. The van der Waals surface area contributed by atoms with E-state index in [1.54, 1.807) is 4.68 Å². The molecule has 1 fully saturated rings. The highest BCUT2D eigenvalue weighted by Gasteiger charge is 2.33. The molecule has 3 aromatic carbocycles. The monoisotopic (exact) mass is 523 g/mol. The van der Waals surface area contributed by atoms with Crippen LogP contribution in [0.25, 0.3) is 10.9 Å². The van der Waals surface area contributed by atoms with Crippen molar-refractivity contribution in [2.45, 2.75) is 26.4 Å². The van der Waals surface area contributed by atoms with Crippen LogP contribution in [0.4, 0.5) is 10.1 Å². The number of hydrogen-bond donors (Lipinski definition) is 1. The van der Waals surface area contributed by atoms with Gasteiger partial charge in [-0.2, -0.15) is 0 Å². The largest absolute Gasteiger partial charge is 0.369 e. The Labute approximate surface area is 225 Å². The predicted octanol–water partition coefficient (Wildman–Crippen LogP) is 4.23. The third kappa shape index (κ3) is 4.93. The van der Waals surface area contributed by atoms with Crippen molar-refractivity contribution in [1.82, 2.24) is 30.1 Å². The molecule has 6 rings (SSSR count). The Morgan fingerprint density at radius 1 is 0.923 bits per heavy atom. The van der Waals surface area contributed by atoms with E-state index in [0.29, 0.717) is 31.0 Å². The Morgan fingerprint density at radius 2 is 1.64 bits per heavy atom. The van der Waals surface area contributed by atoms with Gasteiger partial charge in [0.2, 0.25) is 0 Å². The Kier molecular flexibility index (Phi) is 6.66. The zero-order chi connectivity index (χ0) is 26.9. The molecule has 1 N–H and O–H groups in total. The number of tetrazole rings is 1. The lowest BCUT2D eigenvalue weighted by Crippen LogP contribution is -2.49. The summed E-state index contributed by atoms with van der Waals surface area (Å²) in [5.41, 5.74) is 5.51.